The smallest absolute Gasteiger partial charge is 0.431 e. The molecular formula is C2H2F4NO4S2-. The van der Waals surface area contributed by atoms with Crippen LogP contribution in [0.1, 0.15) is 0 Å². The van der Waals surface area contributed by atoms with Crippen LogP contribution >= 0.6 is 0 Å². The molecule has 0 aromatic heterocycles. The van der Waals surface area contributed by atoms with Crippen LogP contribution in [-0.2, 0) is 21.1 Å². The molecule has 1 atom stereocenters. The lowest BCUT2D eigenvalue weighted by atomic mass is 10.7. The van der Waals surface area contributed by atoms with Crippen molar-refractivity contribution in [3.8, 4) is 0 Å². The third-order valence-corrected chi connectivity index (χ3v) is 2.68. The average molecular weight is 244 g/mol. The van der Waals surface area contributed by atoms with E-state index in [1.165, 1.54) is 0 Å². The van der Waals surface area contributed by atoms with Crippen LogP contribution in [-0.4, -0.2) is 27.7 Å². The van der Waals surface area contributed by atoms with Gasteiger partial charge in [0, 0.05) is 11.1 Å². The number of primary sulfonamides is 1. The fraction of sp³-hybridized carbons (Fsp3) is 1.00. The fourth-order valence-electron chi connectivity index (χ4n) is 0.263. The van der Waals surface area contributed by atoms with Crippen LogP contribution in [0.15, 0.2) is 0 Å². The molecule has 0 rings (SSSR count). The molecule has 0 aliphatic rings. The van der Waals surface area contributed by atoms with Crippen LogP contribution < -0.4 is 5.14 Å². The number of alkyl halides is 4. The van der Waals surface area contributed by atoms with Gasteiger partial charge in [0.25, 0.3) is 10.0 Å². The van der Waals surface area contributed by atoms with E-state index >= 15 is 0 Å². The minimum absolute atomic E-state index is 3.71. The Bertz CT molecular complexity index is 323. The quantitative estimate of drug-likeness (QED) is 0.526. The molecule has 0 radical (unpaired) electrons. The number of hydrogen-bond acceptors (Lipinski definition) is 4. The van der Waals surface area contributed by atoms with Crippen molar-refractivity contribution in [1.29, 1.82) is 0 Å². The molecular weight excluding hydrogens is 242 g/mol. The lowest BCUT2D eigenvalue weighted by molar-refractivity contribution is -0.0975. The highest BCUT2D eigenvalue weighted by molar-refractivity contribution is 7.91. The van der Waals surface area contributed by atoms with Gasteiger partial charge < -0.3 is 4.55 Å². The Morgan fingerprint density at radius 1 is 1.23 bits per heavy atom. The van der Waals surface area contributed by atoms with Crippen molar-refractivity contribution in [2.75, 3.05) is 0 Å². The second-order valence-corrected chi connectivity index (χ2v) is 4.40. The molecule has 0 aromatic carbocycles. The molecule has 0 bridgehead atoms. The van der Waals surface area contributed by atoms with E-state index in [4.69, 9.17) is 0 Å². The Kier molecular flexibility index (Phi) is 3.09. The zero-order valence-corrected chi connectivity index (χ0v) is 7.17. The van der Waals surface area contributed by atoms with E-state index in [9.17, 15) is 34.7 Å². The summed E-state index contributed by atoms with van der Waals surface area (Å²) in [6.07, 6.45) is 0. The first-order valence-electron chi connectivity index (χ1n) is 2.32. The van der Waals surface area contributed by atoms with E-state index in [-0.39, 0.29) is 0 Å². The monoisotopic (exact) mass is 244 g/mol. The second-order valence-electron chi connectivity index (χ2n) is 1.81. The molecule has 0 aromatic rings. The standard InChI is InChI=1S/C2H3F4NO4S2/c3-1(4,12(8)9)2(5,6)13(7,10)11/h(H,8,9)(H2,7,10,11)/p-1. The first-order chi connectivity index (χ1) is 5.44. The van der Waals surface area contributed by atoms with Crippen LogP contribution in [0.2, 0.25) is 0 Å². The molecule has 5 nitrogen and oxygen atoms in total. The molecule has 0 aliphatic carbocycles. The van der Waals surface area contributed by atoms with Crippen molar-refractivity contribution in [1.82, 2.24) is 0 Å². The van der Waals surface area contributed by atoms with E-state index in [1.807, 2.05) is 0 Å². The Balaban J connectivity index is 5.42. The molecule has 0 saturated heterocycles. The summed E-state index contributed by atoms with van der Waals surface area (Å²) >= 11 is -4.58. The van der Waals surface area contributed by atoms with E-state index in [2.05, 4.69) is 5.14 Å². The summed E-state index contributed by atoms with van der Waals surface area (Å²) in [5.41, 5.74) is 0. The van der Waals surface area contributed by atoms with E-state index in [0.29, 0.717) is 0 Å². The van der Waals surface area contributed by atoms with Gasteiger partial charge in [-0.05, 0) is 0 Å². The maximum atomic E-state index is 12.1. The predicted octanol–water partition coefficient (Wildman–Crippen LogP) is -0.660. The number of rotatable bonds is 3. The highest BCUT2D eigenvalue weighted by Gasteiger charge is 2.66. The molecule has 80 valence electrons. The van der Waals surface area contributed by atoms with Crippen LogP contribution in [0.25, 0.3) is 0 Å². The van der Waals surface area contributed by atoms with Gasteiger partial charge in [-0.25, -0.2) is 13.6 Å². The van der Waals surface area contributed by atoms with Gasteiger partial charge in [0.2, 0.25) is 0 Å². The molecule has 0 aliphatic heterocycles. The highest BCUT2D eigenvalue weighted by atomic mass is 32.2. The largest absolute Gasteiger partial charge is 0.768 e. The van der Waals surface area contributed by atoms with Crippen molar-refractivity contribution in [3.63, 3.8) is 0 Å². The fourth-order valence-corrected chi connectivity index (χ4v) is 1.34. The van der Waals surface area contributed by atoms with Gasteiger partial charge in [0.15, 0.2) is 0 Å². The maximum absolute atomic E-state index is 12.1. The zero-order valence-electron chi connectivity index (χ0n) is 5.54. The van der Waals surface area contributed by atoms with Gasteiger partial charge in [-0.15, -0.1) is 0 Å². The molecule has 0 spiro atoms. The molecule has 13 heavy (non-hydrogen) atoms. The first kappa shape index (κ1) is 12.7. The van der Waals surface area contributed by atoms with Gasteiger partial charge in [-0.1, -0.05) is 0 Å². The number of sulfonamides is 1. The van der Waals surface area contributed by atoms with Crippen LogP contribution in [0.5, 0.6) is 0 Å². The van der Waals surface area contributed by atoms with Crippen molar-refractivity contribution < 1.29 is 34.7 Å². The number of hydrogen-bond donors (Lipinski definition) is 1. The Morgan fingerprint density at radius 3 is 1.62 bits per heavy atom. The lowest BCUT2D eigenvalue weighted by Gasteiger charge is -2.25. The van der Waals surface area contributed by atoms with Gasteiger partial charge in [-0.2, -0.15) is 17.6 Å². The van der Waals surface area contributed by atoms with Crippen molar-refractivity contribution in [3.05, 3.63) is 0 Å². The molecule has 0 amide bonds. The van der Waals surface area contributed by atoms with Crippen LogP contribution in [0.3, 0.4) is 0 Å². The summed E-state index contributed by atoms with van der Waals surface area (Å²) in [4.78, 5) is 0. The van der Waals surface area contributed by atoms with Crippen molar-refractivity contribution in [2.24, 2.45) is 5.14 Å². The Labute approximate surface area is 72.2 Å². The molecule has 0 saturated carbocycles. The summed E-state index contributed by atoms with van der Waals surface area (Å²) in [7, 11) is -5.98. The topological polar surface area (TPSA) is 100 Å². The summed E-state index contributed by atoms with van der Waals surface area (Å²) in [5, 5.41) is -7.88. The van der Waals surface area contributed by atoms with Gasteiger partial charge in [0.05, 0.1) is 0 Å². The van der Waals surface area contributed by atoms with Gasteiger partial charge in [0.1, 0.15) is 0 Å². The van der Waals surface area contributed by atoms with Gasteiger partial charge in [-0.3, -0.25) is 4.21 Å². The van der Waals surface area contributed by atoms with E-state index in [1.54, 1.807) is 0 Å². The minimum Gasteiger partial charge on any atom is -0.768 e. The van der Waals surface area contributed by atoms with Crippen LogP contribution in [0.4, 0.5) is 17.6 Å². The molecule has 11 heteroatoms. The van der Waals surface area contributed by atoms with Crippen molar-refractivity contribution >= 4 is 21.1 Å². The average Bonchev–Trinajstić information content (AvgIpc) is 1.84. The normalized spacial score (nSPS) is 17.1. The predicted molar refractivity (Wildman–Crippen MR) is 31.9 cm³/mol. The Hall–Kier alpha value is -0.260. The summed E-state index contributed by atoms with van der Waals surface area (Å²) < 4.78 is 87.1. The summed E-state index contributed by atoms with van der Waals surface area (Å²) in [5.74, 6) is 0. The lowest BCUT2D eigenvalue weighted by Crippen LogP contribution is -2.52. The minimum atomic E-state index is -5.98. The highest BCUT2D eigenvalue weighted by Crippen LogP contribution is 2.39. The first-order valence-corrected chi connectivity index (χ1v) is 4.94. The SMILES string of the molecule is NS(=O)(=O)C(F)(F)C(F)(F)S(=O)[O-]. The second kappa shape index (κ2) is 3.15. The maximum Gasteiger partial charge on any atom is 0.431 e. The summed E-state index contributed by atoms with van der Waals surface area (Å²) in [6, 6.07) is 0. The van der Waals surface area contributed by atoms with E-state index < -0.39 is 31.6 Å². The Morgan fingerprint density at radius 2 is 1.54 bits per heavy atom. The molecule has 0 fully saturated rings. The number of nitrogens with two attached hydrogens (primary N) is 1. The zero-order chi connectivity index (χ0) is 11.1. The van der Waals surface area contributed by atoms with Crippen LogP contribution in [0, 0.1) is 0 Å². The molecule has 0 heterocycles. The summed E-state index contributed by atoms with van der Waals surface area (Å²) in [6.45, 7) is 0. The van der Waals surface area contributed by atoms with Crippen molar-refractivity contribution in [2.45, 2.75) is 10.5 Å². The van der Waals surface area contributed by atoms with Gasteiger partial charge >= 0.3 is 10.5 Å². The third-order valence-electron chi connectivity index (χ3n) is 0.905. The molecule has 2 N–H and O–H groups in total. The molecule has 1 unspecified atom stereocenters. The van der Waals surface area contributed by atoms with E-state index in [0.717, 1.165) is 0 Å². The number of halogens is 4. The third kappa shape index (κ3) is 1.98.